The van der Waals surface area contributed by atoms with Crippen LogP contribution >= 0.6 is 15.9 Å². The van der Waals surface area contributed by atoms with Crippen LogP contribution in [0.15, 0.2) is 82.3 Å². The zero-order valence-corrected chi connectivity index (χ0v) is 21.1. The molecule has 0 saturated heterocycles. The second kappa shape index (κ2) is 10.1. The number of rotatable bonds is 7. The van der Waals surface area contributed by atoms with Gasteiger partial charge in [-0.2, -0.15) is 0 Å². The summed E-state index contributed by atoms with van der Waals surface area (Å²) in [5.74, 6) is 2.48. The van der Waals surface area contributed by atoms with Gasteiger partial charge in [-0.1, -0.05) is 42.5 Å². The van der Waals surface area contributed by atoms with Crippen molar-refractivity contribution in [3.63, 3.8) is 0 Å². The molecule has 5 heteroatoms. The number of ether oxygens (including phenoxy) is 2. The maximum Gasteiger partial charge on any atom is 0.175 e. The molecule has 0 unspecified atom stereocenters. The lowest BCUT2D eigenvalue weighted by Crippen LogP contribution is -2.28. The molecule has 1 aliphatic carbocycles. The second-order valence-electron chi connectivity index (χ2n) is 8.61. The van der Waals surface area contributed by atoms with E-state index in [2.05, 4.69) is 81.9 Å². The normalized spacial score (nSPS) is 20.6. The highest BCUT2D eigenvalue weighted by molar-refractivity contribution is 9.10. The topological polar surface area (TPSA) is 42.8 Å². The van der Waals surface area contributed by atoms with E-state index in [1.54, 1.807) is 0 Å². The molecule has 0 fully saturated rings. The summed E-state index contributed by atoms with van der Waals surface area (Å²) in [7, 11) is 0. The Kier molecular flexibility index (Phi) is 6.73. The predicted octanol–water partition coefficient (Wildman–Crippen LogP) is 7.82. The van der Waals surface area contributed by atoms with Crippen molar-refractivity contribution in [3.05, 3.63) is 94.0 Å². The Bertz CT molecular complexity index is 1220. The number of anilines is 1. The van der Waals surface area contributed by atoms with E-state index in [0.717, 1.165) is 33.6 Å². The lowest BCUT2D eigenvalue weighted by Gasteiger charge is -2.37. The molecule has 2 aliphatic rings. The number of para-hydroxylation sites is 1. The van der Waals surface area contributed by atoms with Gasteiger partial charge in [0.1, 0.15) is 0 Å². The van der Waals surface area contributed by atoms with Gasteiger partial charge in [0, 0.05) is 17.8 Å². The summed E-state index contributed by atoms with van der Waals surface area (Å²) in [6.07, 6.45) is 7.67. The molecular weight excluding hydrogens is 488 g/mol. The smallest absolute Gasteiger partial charge is 0.175 e. The van der Waals surface area contributed by atoms with Crippen molar-refractivity contribution in [2.24, 2.45) is 10.9 Å². The minimum Gasteiger partial charge on any atom is -0.490 e. The Balaban J connectivity index is 1.35. The van der Waals surface area contributed by atoms with Crippen molar-refractivity contribution in [1.82, 2.24) is 0 Å². The number of hydrogen-bond acceptors (Lipinski definition) is 4. The summed E-state index contributed by atoms with van der Waals surface area (Å²) in [5, 5.41) is 3.79. The van der Waals surface area contributed by atoms with E-state index in [9.17, 15) is 0 Å². The van der Waals surface area contributed by atoms with Gasteiger partial charge in [0.05, 0.1) is 29.4 Å². The SMILES string of the molecule is CCOc1cc(C=Nc2ccc([C@@H]3Nc4ccccc4[C@H]4C=CC[C@@H]43)cc2)cc(Br)c1OCC. The Hall–Kier alpha value is -3.05. The molecule has 1 N–H and O–H groups in total. The summed E-state index contributed by atoms with van der Waals surface area (Å²) >= 11 is 3.60. The van der Waals surface area contributed by atoms with Crippen molar-refractivity contribution in [2.75, 3.05) is 18.5 Å². The van der Waals surface area contributed by atoms with E-state index in [0.29, 0.717) is 31.1 Å². The molecule has 0 bridgehead atoms. The molecule has 1 aliphatic heterocycles. The van der Waals surface area contributed by atoms with Crippen molar-refractivity contribution in [3.8, 4) is 11.5 Å². The highest BCUT2D eigenvalue weighted by Crippen LogP contribution is 2.49. The van der Waals surface area contributed by atoms with Crippen LogP contribution in [0.2, 0.25) is 0 Å². The van der Waals surface area contributed by atoms with Gasteiger partial charge in [-0.15, -0.1) is 0 Å². The van der Waals surface area contributed by atoms with Crippen LogP contribution in [0.5, 0.6) is 11.5 Å². The van der Waals surface area contributed by atoms with Crippen molar-refractivity contribution in [1.29, 1.82) is 0 Å². The first kappa shape index (κ1) is 22.7. The van der Waals surface area contributed by atoms with E-state index < -0.39 is 0 Å². The van der Waals surface area contributed by atoms with E-state index in [1.807, 2.05) is 32.2 Å². The monoisotopic (exact) mass is 516 g/mol. The van der Waals surface area contributed by atoms with Gasteiger partial charge in [-0.05, 0) is 89.1 Å². The Labute approximate surface area is 209 Å². The number of fused-ring (bicyclic) bond motifs is 3. The molecule has 0 aromatic heterocycles. The predicted molar refractivity (Wildman–Crippen MR) is 143 cm³/mol. The molecule has 3 aromatic carbocycles. The first-order valence-corrected chi connectivity index (χ1v) is 12.7. The maximum absolute atomic E-state index is 5.78. The van der Waals surface area contributed by atoms with Gasteiger partial charge in [0.2, 0.25) is 0 Å². The molecule has 0 saturated carbocycles. The van der Waals surface area contributed by atoms with Gasteiger partial charge < -0.3 is 14.8 Å². The summed E-state index contributed by atoms with van der Waals surface area (Å²) in [6, 6.07) is 21.5. The number of aliphatic imine (C=N–C) groups is 1. The summed E-state index contributed by atoms with van der Waals surface area (Å²) < 4.78 is 12.4. The fourth-order valence-corrected chi connectivity index (χ4v) is 5.57. The van der Waals surface area contributed by atoms with Gasteiger partial charge in [0.25, 0.3) is 0 Å². The van der Waals surface area contributed by atoms with Crippen LogP contribution in [-0.2, 0) is 0 Å². The summed E-state index contributed by atoms with van der Waals surface area (Å²) in [5.41, 5.74) is 5.83. The average molecular weight is 517 g/mol. The molecule has 3 aromatic rings. The summed E-state index contributed by atoms with van der Waals surface area (Å²) in [6.45, 7) is 5.09. The third-order valence-corrected chi connectivity index (χ3v) is 7.10. The third kappa shape index (κ3) is 4.49. The maximum atomic E-state index is 5.78. The van der Waals surface area contributed by atoms with Crippen LogP contribution in [-0.4, -0.2) is 19.4 Å². The molecular formula is C29H29BrN2O2. The van der Waals surface area contributed by atoms with Gasteiger partial charge in [-0.3, -0.25) is 4.99 Å². The number of allylic oxidation sites excluding steroid dienone is 2. The molecule has 3 atom stereocenters. The number of benzene rings is 3. The number of hydrogen-bond donors (Lipinski definition) is 1. The first-order valence-electron chi connectivity index (χ1n) is 11.9. The quantitative estimate of drug-likeness (QED) is 0.257. The molecule has 0 spiro atoms. The van der Waals surface area contributed by atoms with E-state index in [1.165, 1.54) is 16.8 Å². The van der Waals surface area contributed by atoms with Gasteiger partial charge in [0.15, 0.2) is 11.5 Å². The van der Waals surface area contributed by atoms with Crippen molar-refractivity contribution < 1.29 is 9.47 Å². The van der Waals surface area contributed by atoms with Crippen LogP contribution in [0.1, 0.15) is 48.9 Å². The summed E-state index contributed by atoms with van der Waals surface area (Å²) in [4.78, 5) is 4.71. The van der Waals surface area contributed by atoms with Crippen LogP contribution in [0, 0.1) is 5.92 Å². The Morgan fingerprint density at radius 3 is 2.62 bits per heavy atom. The largest absolute Gasteiger partial charge is 0.490 e. The Morgan fingerprint density at radius 2 is 1.82 bits per heavy atom. The highest BCUT2D eigenvalue weighted by atomic mass is 79.9. The molecule has 1 heterocycles. The van der Waals surface area contributed by atoms with Crippen molar-refractivity contribution >= 4 is 33.5 Å². The highest BCUT2D eigenvalue weighted by Gasteiger charge is 2.37. The molecule has 0 radical (unpaired) electrons. The lowest BCUT2D eigenvalue weighted by molar-refractivity contribution is 0.286. The number of halogens is 1. The van der Waals surface area contributed by atoms with E-state index >= 15 is 0 Å². The van der Waals surface area contributed by atoms with Crippen LogP contribution in [0.3, 0.4) is 0 Å². The average Bonchev–Trinajstić information content (AvgIpc) is 3.35. The van der Waals surface area contributed by atoms with Crippen molar-refractivity contribution in [2.45, 2.75) is 32.2 Å². The fraction of sp³-hybridized carbons (Fsp3) is 0.276. The van der Waals surface area contributed by atoms with Crippen LogP contribution in [0.25, 0.3) is 0 Å². The zero-order valence-electron chi connectivity index (χ0n) is 19.5. The minimum absolute atomic E-state index is 0.295. The first-order chi connectivity index (χ1) is 16.7. The lowest BCUT2D eigenvalue weighted by atomic mass is 9.77. The van der Waals surface area contributed by atoms with Crippen LogP contribution < -0.4 is 14.8 Å². The standard InChI is InChI=1S/C29H29BrN2O2/c1-3-33-27-17-19(16-25(30)29(27)34-4-2)18-31-21-14-12-20(13-15-21)28-24-10-7-9-22(24)23-8-5-6-11-26(23)32-28/h5-9,11-18,22,24,28,32H,3-4,10H2,1-2H3/t22-,24+,28+/m1/s1. The number of nitrogens with zero attached hydrogens (tertiary/aromatic N) is 1. The fourth-order valence-electron chi connectivity index (χ4n) is 5.00. The molecule has 34 heavy (non-hydrogen) atoms. The molecule has 174 valence electrons. The van der Waals surface area contributed by atoms with Gasteiger partial charge >= 0.3 is 0 Å². The minimum atomic E-state index is 0.295. The third-order valence-electron chi connectivity index (χ3n) is 6.51. The van der Waals surface area contributed by atoms with E-state index in [4.69, 9.17) is 14.5 Å². The molecule has 4 nitrogen and oxygen atoms in total. The van der Waals surface area contributed by atoms with Gasteiger partial charge in [-0.25, -0.2) is 0 Å². The Morgan fingerprint density at radius 1 is 1.03 bits per heavy atom. The second-order valence-corrected chi connectivity index (χ2v) is 9.46. The molecule has 5 rings (SSSR count). The number of nitrogens with one attached hydrogen (secondary N) is 1. The molecule has 0 amide bonds. The van der Waals surface area contributed by atoms with Crippen LogP contribution in [0.4, 0.5) is 11.4 Å². The van der Waals surface area contributed by atoms with E-state index in [-0.39, 0.29) is 0 Å². The zero-order chi connectivity index (χ0) is 23.5.